The zero-order valence-electron chi connectivity index (χ0n) is 19.7. The predicted octanol–water partition coefficient (Wildman–Crippen LogP) is 6.29. The van der Waals surface area contributed by atoms with Crippen LogP contribution in [0.4, 0.5) is 5.13 Å². The van der Waals surface area contributed by atoms with Crippen molar-refractivity contribution in [2.45, 2.75) is 13.3 Å². The number of hydrogen-bond donors (Lipinski definition) is 0. The number of anilines is 1. The van der Waals surface area contributed by atoms with Crippen LogP contribution in [0.3, 0.4) is 0 Å². The third-order valence-corrected chi connectivity index (χ3v) is 7.56. The first-order chi connectivity index (χ1) is 17.1. The molecule has 1 aliphatic rings. The summed E-state index contributed by atoms with van der Waals surface area (Å²) in [5, 5.41) is 1.40. The molecule has 0 spiro atoms. The maximum Gasteiger partial charge on any atom is 0.260 e. The van der Waals surface area contributed by atoms with E-state index in [9.17, 15) is 4.79 Å². The van der Waals surface area contributed by atoms with Crippen LogP contribution in [0.25, 0.3) is 21.3 Å². The summed E-state index contributed by atoms with van der Waals surface area (Å²) in [4.78, 5) is 22.8. The molecule has 5 rings (SSSR count). The van der Waals surface area contributed by atoms with Gasteiger partial charge in [-0.2, -0.15) is 0 Å². The first kappa shape index (κ1) is 23.9. The zero-order valence-corrected chi connectivity index (χ0v) is 21.3. The molecule has 4 aromatic rings. The van der Waals surface area contributed by atoms with E-state index in [1.54, 1.807) is 0 Å². The first-order valence-corrected chi connectivity index (χ1v) is 13.1. The summed E-state index contributed by atoms with van der Waals surface area (Å²) in [6.45, 7) is 6.95. The Morgan fingerprint density at radius 2 is 1.77 bits per heavy atom. The monoisotopic (exact) mass is 505 g/mol. The van der Waals surface area contributed by atoms with Crippen molar-refractivity contribution < 1.29 is 9.53 Å². The van der Waals surface area contributed by atoms with Crippen LogP contribution in [-0.4, -0.2) is 55.2 Å². The minimum absolute atomic E-state index is 0.0330. The Morgan fingerprint density at radius 1 is 1.06 bits per heavy atom. The van der Waals surface area contributed by atoms with Gasteiger partial charge in [-0.3, -0.25) is 14.6 Å². The van der Waals surface area contributed by atoms with Crippen molar-refractivity contribution in [3.05, 3.63) is 82.9 Å². The quantitative estimate of drug-likeness (QED) is 0.296. The third kappa shape index (κ3) is 5.57. The number of aromatic nitrogens is 1. The minimum Gasteiger partial charge on any atom is -0.379 e. The summed E-state index contributed by atoms with van der Waals surface area (Å²) >= 11 is 7.81. The van der Waals surface area contributed by atoms with Crippen LogP contribution in [0.5, 0.6) is 0 Å². The highest BCUT2D eigenvalue weighted by molar-refractivity contribution is 7.22. The van der Waals surface area contributed by atoms with E-state index >= 15 is 0 Å². The molecule has 0 bridgehead atoms. The Bertz CT molecular complexity index is 1300. The van der Waals surface area contributed by atoms with Crippen molar-refractivity contribution in [3.8, 4) is 11.1 Å². The highest BCUT2D eigenvalue weighted by Gasteiger charge is 2.22. The van der Waals surface area contributed by atoms with E-state index in [4.69, 9.17) is 21.3 Å². The maximum atomic E-state index is 13.7. The summed E-state index contributed by atoms with van der Waals surface area (Å²) in [6, 6.07) is 21.9. The normalized spacial score (nSPS) is 14.3. The molecular formula is C28H28ClN3O2S. The molecule has 1 aliphatic heterocycles. The summed E-state index contributed by atoms with van der Waals surface area (Å²) in [6.07, 6.45) is 0.865. The second-order valence-corrected chi connectivity index (χ2v) is 10.2. The second-order valence-electron chi connectivity index (χ2n) is 8.77. The van der Waals surface area contributed by atoms with Gasteiger partial charge in [-0.1, -0.05) is 65.4 Å². The van der Waals surface area contributed by atoms with Gasteiger partial charge in [0.2, 0.25) is 0 Å². The number of thiazole rings is 1. The van der Waals surface area contributed by atoms with Crippen LogP contribution < -0.4 is 4.90 Å². The molecule has 2 heterocycles. The van der Waals surface area contributed by atoms with Crippen LogP contribution in [-0.2, 0) is 4.74 Å². The number of nitrogens with zero attached hydrogens (tertiary/aromatic N) is 3. The zero-order chi connectivity index (χ0) is 24.2. The van der Waals surface area contributed by atoms with Gasteiger partial charge in [0.15, 0.2) is 5.13 Å². The summed E-state index contributed by atoms with van der Waals surface area (Å²) < 4.78 is 6.46. The number of ether oxygens (including phenoxy) is 1. The number of aryl methyl sites for hydroxylation is 1. The third-order valence-electron chi connectivity index (χ3n) is 6.31. The van der Waals surface area contributed by atoms with E-state index in [2.05, 4.69) is 17.0 Å². The number of rotatable bonds is 7. The van der Waals surface area contributed by atoms with Crippen LogP contribution in [0.1, 0.15) is 22.3 Å². The van der Waals surface area contributed by atoms with Crippen molar-refractivity contribution in [1.82, 2.24) is 9.88 Å². The van der Waals surface area contributed by atoms with Crippen molar-refractivity contribution >= 4 is 44.2 Å². The number of hydrogen-bond acceptors (Lipinski definition) is 5. The highest BCUT2D eigenvalue weighted by Crippen LogP contribution is 2.34. The molecule has 0 aliphatic carbocycles. The molecule has 0 N–H and O–H groups in total. The fourth-order valence-electron chi connectivity index (χ4n) is 4.41. The standard InChI is InChI=1S/C28H28ClN3O2S/c1-20-18-24(29)19-25-26(20)30-28(35-25)32(13-5-12-31-14-16-34-17-15-31)27(33)23-10-8-22(9-11-23)21-6-3-2-4-7-21/h2-4,6-11,18-19H,5,12-17H2,1H3. The molecule has 180 valence electrons. The molecule has 0 atom stereocenters. The van der Waals surface area contributed by atoms with Crippen LogP contribution in [0.15, 0.2) is 66.7 Å². The lowest BCUT2D eigenvalue weighted by molar-refractivity contribution is 0.0376. The van der Waals surface area contributed by atoms with Gasteiger partial charge in [0, 0.05) is 36.8 Å². The molecule has 0 radical (unpaired) electrons. The van der Waals surface area contributed by atoms with Crippen molar-refractivity contribution in [2.24, 2.45) is 0 Å². The van der Waals surface area contributed by atoms with E-state index < -0.39 is 0 Å². The Labute approximate surface area is 214 Å². The minimum atomic E-state index is -0.0330. The fraction of sp³-hybridized carbons (Fsp3) is 0.286. The molecule has 1 aromatic heterocycles. The summed E-state index contributed by atoms with van der Waals surface area (Å²) in [5.41, 5.74) is 4.80. The maximum absolute atomic E-state index is 13.7. The molecular weight excluding hydrogens is 478 g/mol. The first-order valence-electron chi connectivity index (χ1n) is 11.9. The number of carbonyl (C=O) groups is 1. The average molecular weight is 506 g/mol. The van der Waals surface area contributed by atoms with Gasteiger partial charge in [0.1, 0.15) is 0 Å². The topological polar surface area (TPSA) is 45.7 Å². The summed E-state index contributed by atoms with van der Waals surface area (Å²) in [5.74, 6) is -0.0330. The van der Waals surface area contributed by atoms with Gasteiger partial charge >= 0.3 is 0 Å². The Morgan fingerprint density at radius 3 is 2.51 bits per heavy atom. The largest absolute Gasteiger partial charge is 0.379 e. The van der Waals surface area contributed by atoms with E-state index in [1.807, 2.05) is 66.4 Å². The Hall–Kier alpha value is -2.77. The lowest BCUT2D eigenvalue weighted by atomic mass is 10.0. The van der Waals surface area contributed by atoms with Gasteiger partial charge in [-0.25, -0.2) is 4.98 Å². The Kier molecular flexibility index (Phi) is 7.44. The highest BCUT2D eigenvalue weighted by atomic mass is 35.5. The number of halogens is 1. The van der Waals surface area contributed by atoms with Crippen molar-refractivity contribution in [1.29, 1.82) is 0 Å². The molecule has 35 heavy (non-hydrogen) atoms. The molecule has 0 unspecified atom stereocenters. The lowest BCUT2D eigenvalue weighted by Gasteiger charge is -2.27. The fourth-order valence-corrected chi connectivity index (χ4v) is 5.86. The number of morpholine rings is 1. The van der Waals surface area contributed by atoms with E-state index in [1.165, 1.54) is 11.3 Å². The molecule has 7 heteroatoms. The SMILES string of the molecule is Cc1cc(Cl)cc2sc(N(CCCN3CCOCC3)C(=O)c3ccc(-c4ccccc4)cc3)nc12. The molecule has 5 nitrogen and oxygen atoms in total. The molecule has 3 aromatic carbocycles. The smallest absolute Gasteiger partial charge is 0.260 e. The van der Waals surface area contributed by atoms with E-state index in [-0.39, 0.29) is 5.91 Å². The molecule has 0 saturated carbocycles. The molecule has 1 fully saturated rings. The number of amides is 1. The van der Waals surface area contributed by atoms with Gasteiger partial charge < -0.3 is 4.74 Å². The lowest BCUT2D eigenvalue weighted by Crippen LogP contribution is -2.39. The number of benzene rings is 3. The van der Waals surface area contributed by atoms with Gasteiger partial charge in [0.05, 0.1) is 23.4 Å². The number of carbonyl (C=O) groups excluding carboxylic acids is 1. The number of fused-ring (bicyclic) bond motifs is 1. The molecule has 1 saturated heterocycles. The average Bonchev–Trinajstić information content (AvgIpc) is 3.31. The van der Waals surface area contributed by atoms with Crippen molar-refractivity contribution in [2.75, 3.05) is 44.3 Å². The Balaban J connectivity index is 1.41. The van der Waals surface area contributed by atoms with Gasteiger partial charge in [-0.15, -0.1) is 0 Å². The van der Waals surface area contributed by atoms with Crippen LogP contribution >= 0.6 is 22.9 Å². The second kappa shape index (κ2) is 10.9. The summed E-state index contributed by atoms with van der Waals surface area (Å²) in [7, 11) is 0. The van der Waals surface area contributed by atoms with Crippen LogP contribution in [0.2, 0.25) is 5.02 Å². The van der Waals surface area contributed by atoms with E-state index in [0.717, 1.165) is 66.2 Å². The van der Waals surface area contributed by atoms with Gasteiger partial charge in [0.25, 0.3) is 5.91 Å². The molecule has 1 amide bonds. The van der Waals surface area contributed by atoms with Gasteiger partial charge in [-0.05, 0) is 54.3 Å². The van der Waals surface area contributed by atoms with Crippen molar-refractivity contribution in [3.63, 3.8) is 0 Å². The van der Waals surface area contributed by atoms with E-state index in [0.29, 0.717) is 22.3 Å². The predicted molar refractivity (Wildman–Crippen MR) is 145 cm³/mol. The van der Waals surface area contributed by atoms with Crippen LogP contribution in [0, 0.1) is 6.92 Å².